The maximum Gasteiger partial charge on any atom is 0.291 e. The lowest BCUT2D eigenvalue weighted by atomic mass is 10.2. The van der Waals surface area contributed by atoms with Crippen LogP contribution in [0.5, 0.6) is 5.75 Å². The van der Waals surface area contributed by atoms with Gasteiger partial charge in [0.05, 0.1) is 19.1 Å². The van der Waals surface area contributed by atoms with Crippen LogP contribution in [0.15, 0.2) is 59.2 Å². The van der Waals surface area contributed by atoms with E-state index in [1.54, 1.807) is 49.6 Å². The van der Waals surface area contributed by atoms with Crippen LogP contribution in [0.4, 0.5) is 17.1 Å². The molecule has 6 nitrogen and oxygen atoms in total. The number of furan rings is 1. The highest BCUT2D eigenvalue weighted by Crippen LogP contribution is 2.31. The number of halogens is 1. The van der Waals surface area contributed by atoms with Crippen LogP contribution in [-0.4, -0.2) is 18.1 Å². The molecule has 0 fully saturated rings. The monoisotopic (exact) mass is 415 g/mol. The van der Waals surface area contributed by atoms with Crippen molar-refractivity contribution in [3.63, 3.8) is 0 Å². The van der Waals surface area contributed by atoms with Gasteiger partial charge < -0.3 is 25.1 Å². The second-order valence-electron chi connectivity index (χ2n) is 5.89. The summed E-state index contributed by atoms with van der Waals surface area (Å²) < 4.78 is 10.4. The third-order valence-corrected chi connectivity index (χ3v) is 4.49. The molecule has 1 heterocycles. The summed E-state index contributed by atoms with van der Waals surface area (Å²) >= 11 is 11.5. The minimum Gasteiger partial charge on any atom is -0.495 e. The predicted octanol–water partition coefficient (Wildman–Crippen LogP) is 5.31. The van der Waals surface area contributed by atoms with Crippen molar-refractivity contribution >= 4 is 51.9 Å². The van der Waals surface area contributed by atoms with Crippen LogP contribution < -0.4 is 20.7 Å². The molecule has 28 heavy (non-hydrogen) atoms. The van der Waals surface area contributed by atoms with Gasteiger partial charge in [0, 0.05) is 16.4 Å². The van der Waals surface area contributed by atoms with Gasteiger partial charge in [-0.05, 0) is 73.2 Å². The predicted molar refractivity (Wildman–Crippen MR) is 116 cm³/mol. The maximum atomic E-state index is 12.0. The SMILES string of the molecule is COc1cc(C)c(Cl)cc1NC(=S)Nc1ccc(NC(=O)c2ccco2)cc1. The number of carbonyl (C=O) groups is 1. The van der Waals surface area contributed by atoms with E-state index in [1.807, 2.05) is 13.0 Å². The molecule has 2 aromatic carbocycles. The maximum absolute atomic E-state index is 12.0. The van der Waals surface area contributed by atoms with Crippen LogP contribution in [-0.2, 0) is 0 Å². The molecule has 1 aromatic heterocycles. The fourth-order valence-corrected chi connectivity index (χ4v) is 2.84. The molecule has 0 aliphatic carbocycles. The lowest BCUT2D eigenvalue weighted by Crippen LogP contribution is -2.19. The highest BCUT2D eigenvalue weighted by Gasteiger charge is 2.10. The summed E-state index contributed by atoms with van der Waals surface area (Å²) in [6, 6.07) is 14.0. The van der Waals surface area contributed by atoms with Gasteiger partial charge in [-0.3, -0.25) is 4.79 Å². The number of hydrogen-bond donors (Lipinski definition) is 3. The molecule has 144 valence electrons. The van der Waals surface area contributed by atoms with Crippen molar-refractivity contribution in [2.45, 2.75) is 6.92 Å². The number of rotatable bonds is 5. The Morgan fingerprint density at radius 3 is 2.36 bits per heavy atom. The number of carbonyl (C=O) groups excluding carboxylic acids is 1. The minimum atomic E-state index is -0.314. The third kappa shape index (κ3) is 4.82. The van der Waals surface area contributed by atoms with E-state index >= 15 is 0 Å². The first kappa shape index (κ1) is 19.7. The van der Waals surface area contributed by atoms with E-state index in [0.717, 1.165) is 11.3 Å². The number of amides is 1. The normalized spacial score (nSPS) is 10.2. The average Bonchev–Trinajstić information content (AvgIpc) is 3.21. The van der Waals surface area contributed by atoms with Crippen LogP contribution in [0.3, 0.4) is 0 Å². The molecule has 0 saturated heterocycles. The topological polar surface area (TPSA) is 75.5 Å². The van der Waals surface area contributed by atoms with E-state index in [1.165, 1.54) is 6.26 Å². The first-order valence-electron chi connectivity index (χ1n) is 8.33. The van der Waals surface area contributed by atoms with Crippen LogP contribution >= 0.6 is 23.8 Å². The van der Waals surface area contributed by atoms with Crippen LogP contribution in [0.2, 0.25) is 5.02 Å². The molecule has 0 atom stereocenters. The third-order valence-electron chi connectivity index (χ3n) is 3.87. The summed E-state index contributed by atoms with van der Waals surface area (Å²) in [5, 5.41) is 9.89. The fraction of sp³-hybridized carbons (Fsp3) is 0.100. The Bertz CT molecular complexity index is 989. The van der Waals surface area contributed by atoms with Gasteiger partial charge in [0.1, 0.15) is 5.75 Å². The van der Waals surface area contributed by atoms with Crippen molar-refractivity contribution in [2.75, 3.05) is 23.1 Å². The molecule has 0 aliphatic heterocycles. The lowest BCUT2D eigenvalue weighted by molar-refractivity contribution is 0.0996. The van der Waals surface area contributed by atoms with Crippen LogP contribution in [0.25, 0.3) is 0 Å². The number of thiocarbonyl (C=S) groups is 1. The minimum absolute atomic E-state index is 0.248. The van der Waals surface area contributed by atoms with Gasteiger partial charge in [-0.15, -0.1) is 0 Å². The van der Waals surface area contributed by atoms with Gasteiger partial charge in [0.2, 0.25) is 0 Å². The number of benzene rings is 2. The highest BCUT2D eigenvalue weighted by atomic mass is 35.5. The number of ether oxygens (including phenoxy) is 1. The summed E-state index contributed by atoms with van der Waals surface area (Å²) in [5.74, 6) is 0.576. The van der Waals surface area contributed by atoms with E-state index in [4.69, 9.17) is 33.0 Å². The number of anilines is 3. The highest BCUT2D eigenvalue weighted by molar-refractivity contribution is 7.80. The molecule has 8 heteroatoms. The second-order valence-corrected chi connectivity index (χ2v) is 6.71. The molecule has 3 aromatic rings. The molecule has 0 bridgehead atoms. The van der Waals surface area contributed by atoms with E-state index in [2.05, 4.69) is 16.0 Å². The molecule has 1 amide bonds. The first-order valence-corrected chi connectivity index (χ1v) is 9.12. The Morgan fingerprint density at radius 1 is 1.07 bits per heavy atom. The van der Waals surface area contributed by atoms with Crippen molar-refractivity contribution < 1.29 is 13.9 Å². The van der Waals surface area contributed by atoms with Gasteiger partial charge in [-0.1, -0.05) is 11.6 Å². The quantitative estimate of drug-likeness (QED) is 0.490. The van der Waals surface area contributed by atoms with Gasteiger partial charge in [0.25, 0.3) is 5.91 Å². The Morgan fingerprint density at radius 2 is 1.75 bits per heavy atom. The Kier molecular flexibility index (Phi) is 6.18. The van der Waals surface area contributed by atoms with E-state index in [9.17, 15) is 4.79 Å². The number of nitrogens with one attached hydrogen (secondary N) is 3. The summed E-state index contributed by atoms with van der Waals surface area (Å²) in [5.41, 5.74) is 2.97. The van der Waals surface area contributed by atoms with Crippen molar-refractivity contribution in [3.8, 4) is 5.75 Å². The summed E-state index contributed by atoms with van der Waals surface area (Å²) in [7, 11) is 1.58. The van der Waals surface area contributed by atoms with Gasteiger partial charge >= 0.3 is 0 Å². The van der Waals surface area contributed by atoms with Crippen molar-refractivity contribution in [1.29, 1.82) is 0 Å². The Balaban J connectivity index is 1.62. The molecule has 0 unspecified atom stereocenters. The average molecular weight is 416 g/mol. The zero-order chi connectivity index (χ0) is 20.1. The molecular weight excluding hydrogens is 398 g/mol. The standard InChI is InChI=1S/C20H18ClN3O3S/c1-12-10-18(26-2)16(11-15(12)21)24-20(28)23-14-7-5-13(6-8-14)22-19(25)17-4-3-9-27-17/h3-11H,1-2H3,(H,22,25)(H2,23,24,28). The molecule has 0 radical (unpaired) electrons. The Labute approximate surface area is 172 Å². The fourth-order valence-electron chi connectivity index (χ4n) is 2.44. The number of methoxy groups -OCH3 is 1. The van der Waals surface area contributed by atoms with E-state index in [0.29, 0.717) is 27.3 Å². The largest absolute Gasteiger partial charge is 0.495 e. The zero-order valence-corrected chi connectivity index (χ0v) is 16.8. The van der Waals surface area contributed by atoms with E-state index < -0.39 is 0 Å². The van der Waals surface area contributed by atoms with Crippen LogP contribution in [0.1, 0.15) is 16.1 Å². The first-order chi connectivity index (χ1) is 13.5. The van der Waals surface area contributed by atoms with Crippen molar-refractivity contribution in [2.24, 2.45) is 0 Å². The molecule has 3 rings (SSSR count). The Hall–Kier alpha value is -3.03. The summed E-state index contributed by atoms with van der Waals surface area (Å²) in [4.78, 5) is 12.0. The number of aryl methyl sites for hydroxylation is 1. The van der Waals surface area contributed by atoms with Gasteiger partial charge in [-0.25, -0.2) is 0 Å². The lowest BCUT2D eigenvalue weighted by Gasteiger charge is -2.15. The van der Waals surface area contributed by atoms with Gasteiger partial charge in [-0.2, -0.15) is 0 Å². The van der Waals surface area contributed by atoms with Crippen molar-refractivity contribution in [3.05, 3.63) is 71.1 Å². The molecular formula is C20H18ClN3O3S. The van der Waals surface area contributed by atoms with E-state index in [-0.39, 0.29) is 11.7 Å². The molecule has 0 spiro atoms. The van der Waals surface area contributed by atoms with Crippen molar-refractivity contribution in [1.82, 2.24) is 0 Å². The molecule has 0 saturated carbocycles. The van der Waals surface area contributed by atoms with Crippen LogP contribution in [0, 0.1) is 6.92 Å². The second kappa shape index (κ2) is 8.77. The zero-order valence-electron chi connectivity index (χ0n) is 15.2. The molecule has 0 aliphatic rings. The smallest absolute Gasteiger partial charge is 0.291 e. The summed E-state index contributed by atoms with van der Waals surface area (Å²) in [6.45, 7) is 1.90. The molecule has 3 N–H and O–H groups in total. The summed E-state index contributed by atoms with van der Waals surface area (Å²) in [6.07, 6.45) is 1.45. The van der Waals surface area contributed by atoms with Gasteiger partial charge in [0.15, 0.2) is 10.9 Å². The number of hydrogen-bond acceptors (Lipinski definition) is 4.